The number of hydrogen-bond acceptors (Lipinski definition) is 10. The predicted molar refractivity (Wildman–Crippen MR) is 143 cm³/mol. The van der Waals surface area contributed by atoms with Gasteiger partial charge in [-0.05, 0) is 63.1 Å². The minimum absolute atomic E-state index is 0.0372. The highest BCUT2D eigenvalue weighted by molar-refractivity contribution is 6.10. The van der Waals surface area contributed by atoms with Crippen LogP contribution in [0.5, 0.6) is 17.2 Å². The summed E-state index contributed by atoms with van der Waals surface area (Å²) in [6.45, 7) is 5.35. The summed E-state index contributed by atoms with van der Waals surface area (Å²) in [7, 11) is 1.34. The van der Waals surface area contributed by atoms with E-state index in [1.807, 2.05) is 19.9 Å². The molecule has 11 heteroatoms. The van der Waals surface area contributed by atoms with Crippen LogP contribution in [-0.2, 0) is 22.4 Å². The standard InChI is InChI=1S/C29H33NO10/c1-13(2)5-6-15-11-16(7-9-19(15)31)28(37)30-22-20(32)12-18-17(24(22)34)8-10-21(27(18)38-4)40-29-26(36)25(35)23(33)14(3)39-29/h5,7-11,14,23,25-26,29,31,33-36H,6,12H2,1-4H3,(H,30,37). The van der Waals surface area contributed by atoms with E-state index in [4.69, 9.17) is 14.2 Å². The molecule has 2 aliphatic rings. The quantitative estimate of drug-likeness (QED) is 0.277. The number of aliphatic hydroxyl groups is 4. The summed E-state index contributed by atoms with van der Waals surface area (Å²) in [5.74, 6) is -1.48. The maximum Gasteiger partial charge on any atom is 0.255 e. The summed E-state index contributed by atoms with van der Waals surface area (Å²) in [4.78, 5) is 26.1. The zero-order chi connectivity index (χ0) is 29.3. The lowest BCUT2D eigenvalue weighted by atomic mass is 9.91. The Morgan fingerprint density at radius 3 is 2.50 bits per heavy atom. The van der Waals surface area contributed by atoms with E-state index in [2.05, 4.69) is 5.32 Å². The number of aromatic hydroxyl groups is 1. The Balaban J connectivity index is 1.61. The van der Waals surface area contributed by atoms with Gasteiger partial charge in [-0.2, -0.15) is 0 Å². The molecule has 1 amide bonds. The van der Waals surface area contributed by atoms with Crippen LogP contribution < -0.4 is 14.8 Å². The average molecular weight is 556 g/mol. The Morgan fingerprint density at radius 2 is 1.82 bits per heavy atom. The molecule has 0 bridgehead atoms. The number of phenolic OH excluding ortho intramolecular Hbond substituents is 1. The van der Waals surface area contributed by atoms with E-state index in [-0.39, 0.29) is 46.1 Å². The lowest BCUT2D eigenvalue weighted by Gasteiger charge is -2.39. The molecule has 2 aromatic carbocycles. The van der Waals surface area contributed by atoms with E-state index in [1.165, 1.54) is 44.4 Å². The molecule has 0 radical (unpaired) electrons. The van der Waals surface area contributed by atoms with Crippen LogP contribution in [-0.4, -0.2) is 75.0 Å². The molecule has 214 valence electrons. The van der Waals surface area contributed by atoms with Gasteiger partial charge in [0.25, 0.3) is 5.91 Å². The van der Waals surface area contributed by atoms with Crippen molar-refractivity contribution in [2.45, 2.75) is 64.3 Å². The van der Waals surface area contributed by atoms with Gasteiger partial charge in [-0.25, -0.2) is 0 Å². The van der Waals surface area contributed by atoms with Crippen molar-refractivity contribution < 1.29 is 49.3 Å². The summed E-state index contributed by atoms with van der Waals surface area (Å²) in [6.07, 6.45) is -4.47. The summed E-state index contributed by atoms with van der Waals surface area (Å²) < 4.78 is 16.7. The first kappa shape index (κ1) is 29.1. The van der Waals surface area contributed by atoms with Crippen LogP contribution in [0, 0.1) is 0 Å². The normalized spacial score (nSPS) is 24.3. The predicted octanol–water partition coefficient (Wildman–Crippen LogP) is 1.90. The van der Waals surface area contributed by atoms with Gasteiger partial charge in [-0.15, -0.1) is 0 Å². The van der Waals surface area contributed by atoms with Crippen molar-refractivity contribution in [1.82, 2.24) is 5.32 Å². The van der Waals surface area contributed by atoms with Crippen molar-refractivity contribution >= 4 is 17.4 Å². The number of methoxy groups -OCH3 is 1. The number of carbonyl (C=O) groups excluding carboxylic acids is 2. The van der Waals surface area contributed by atoms with Gasteiger partial charge in [0.15, 0.2) is 17.3 Å². The first-order chi connectivity index (χ1) is 18.9. The van der Waals surface area contributed by atoms with Crippen LogP contribution in [0.25, 0.3) is 5.76 Å². The summed E-state index contributed by atoms with van der Waals surface area (Å²) in [5.41, 5.74) is 2.00. The van der Waals surface area contributed by atoms with Gasteiger partial charge in [0.1, 0.15) is 35.5 Å². The number of hydrogen-bond donors (Lipinski definition) is 6. The Bertz CT molecular complexity index is 1380. The molecule has 0 aromatic heterocycles. The van der Waals surface area contributed by atoms with E-state index in [0.717, 1.165) is 5.57 Å². The fraction of sp³-hybridized carbons (Fsp3) is 0.379. The van der Waals surface area contributed by atoms with E-state index < -0.39 is 48.2 Å². The zero-order valence-corrected chi connectivity index (χ0v) is 22.5. The van der Waals surface area contributed by atoms with Crippen LogP contribution in [0.2, 0.25) is 0 Å². The number of carbonyl (C=O) groups is 2. The number of ketones is 1. The van der Waals surface area contributed by atoms with Crippen LogP contribution in [0.4, 0.5) is 0 Å². The molecule has 1 saturated heterocycles. The SMILES string of the molecule is COc1c(OC2OC(C)C(O)C(O)C2O)ccc2c1CC(=O)C(NC(=O)c1ccc(O)c(CC=C(C)C)c1)=C2O. The van der Waals surface area contributed by atoms with Crippen LogP contribution >= 0.6 is 0 Å². The number of aliphatic hydroxyl groups excluding tert-OH is 4. The summed E-state index contributed by atoms with van der Waals surface area (Å²) in [6, 6.07) is 7.23. The van der Waals surface area contributed by atoms with Crippen molar-refractivity contribution in [2.24, 2.45) is 0 Å². The van der Waals surface area contributed by atoms with Gasteiger partial charge >= 0.3 is 0 Å². The second-order valence-corrected chi connectivity index (χ2v) is 10.0. The first-order valence-corrected chi connectivity index (χ1v) is 12.7. The molecular weight excluding hydrogens is 522 g/mol. The molecule has 1 aliphatic carbocycles. The largest absolute Gasteiger partial charge is 0.508 e. The molecule has 0 saturated carbocycles. The van der Waals surface area contributed by atoms with Gasteiger partial charge in [0.05, 0.1) is 13.2 Å². The Labute approximate surface area is 230 Å². The number of Topliss-reactive ketones (excluding diaryl/α,β-unsaturated/α-hetero) is 1. The third kappa shape index (κ3) is 5.68. The van der Waals surface area contributed by atoms with Crippen molar-refractivity contribution in [1.29, 1.82) is 0 Å². The molecule has 6 N–H and O–H groups in total. The molecule has 4 rings (SSSR count). The Hall–Kier alpha value is -3.90. The molecule has 1 fully saturated rings. The summed E-state index contributed by atoms with van der Waals surface area (Å²) >= 11 is 0. The summed E-state index contributed by atoms with van der Waals surface area (Å²) in [5, 5.41) is 53.9. The molecular formula is C29H33NO10. The number of benzene rings is 2. The highest BCUT2D eigenvalue weighted by atomic mass is 16.7. The molecule has 5 unspecified atom stereocenters. The number of nitrogens with one attached hydrogen (secondary N) is 1. The number of amides is 1. The topological polar surface area (TPSA) is 175 Å². The third-order valence-electron chi connectivity index (χ3n) is 6.90. The van der Waals surface area contributed by atoms with Gasteiger partial charge in [-0.1, -0.05) is 11.6 Å². The van der Waals surface area contributed by atoms with E-state index in [1.54, 1.807) is 0 Å². The van der Waals surface area contributed by atoms with Gasteiger partial charge in [0.2, 0.25) is 6.29 Å². The van der Waals surface area contributed by atoms with Crippen LogP contribution in [0.1, 0.15) is 47.8 Å². The monoisotopic (exact) mass is 555 g/mol. The highest BCUT2D eigenvalue weighted by Gasteiger charge is 2.43. The first-order valence-electron chi connectivity index (χ1n) is 12.7. The van der Waals surface area contributed by atoms with E-state index in [9.17, 15) is 35.1 Å². The van der Waals surface area contributed by atoms with Crippen LogP contribution in [0.15, 0.2) is 47.7 Å². The maximum absolute atomic E-state index is 13.1. The second kappa shape index (κ2) is 11.7. The van der Waals surface area contributed by atoms with E-state index in [0.29, 0.717) is 12.0 Å². The Kier molecular flexibility index (Phi) is 8.50. The minimum atomic E-state index is -1.56. The highest BCUT2D eigenvalue weighted by Crippen LogP contribution is 2.41. The van der Waals surface area contributed by atoms with E-state index >= 15 is 0 Å². The number of rotatable bonds is 7. The molecule has 11 nitrogen and oxygen atoms in total. The lowest BCUT2D eigenvalue weighted by molar-refractivity contribution is -0.268. The third-order valence-corrected chi connectivity index (χ3v) is 6.90. The number of ether oxygens (including phenoxy) is 3. The van der Waals surface area contributed by atoms with Crippen molar-refractivity contribution in [2.75, 3.05) is 7.11 Å². The zero-order valence-electron chi connectivity index (χ0n) is 22.5. The molecule has 1 aliphatic heterocycles. The average Bonchev–Trinajstić information content (AvgIpc) is 2.91. The van der Waals surface area contributed by atoms with Gasteiger partial charge < -0.3 is 45.1 Å². The van der Waals surface area contributed by atoms with Crippen LogP contribution in [0.3, 0.4) is 0 Å². The van der Waals surface area contributed by atoms with Gasteiger partial charge in [0, 0.05) is 23.1 Å². The number of allylic oxidation sites excluding steroid dienone is 3. The smallest absolute Gasteiger partial charge is 0.255 e. The molecule has 5 atom stereocenters. The van der Waals surface area contributed by atoms with Gasteiger partial charge in [-0.3, -0.25) is 9.59 Å². The molecule has 40 heavy (non-hydrogen) atoms. The van der Waals surface area contributed by atoms with Crippen molar-refractivity contribution in [3.05, 3.63) is 69.9 Å². The molecule has 0 spiro atoms. The van der Waals surface area contributed by atoms with Crippen molar-refractivity contribution in [3.8, 4) is 17.2 Å². The second-order valence-electron chi connectivity index (χ2n) is 10.0. The van der Waals surface area contributed by atoms with Crippen molar-refractivity contribution in [3.63, 3.8) is 0 Å². The fourth-order valence-corrected chi connectivity index (χ4v) is 4.59. The Morgan fingerprint density at radius 1 is 1.10 bits per heavy atom. The maximum atomic E-state index is 13.1. The minimum Gasteiger partial charge on any atom is -0.508 e. The fourth-order valence-electron chi connectivity index (χ4n) is 4.59. The molecule has 2 aromatic rings. The number of phenols is 1. The lowest BCUT2D eigenvalue weighted by Crippen LogP contribution is -2.58. The number of fused-ring (bicyclic) bond motifs is 1. The molecule has 1 heterocycles.